The Morgan fingerprint density at radius 3 is 2.71 bits per heavy atom. The summed E-state index contributed by atoms with van der Waals surface area (Å²) in [6, 6.07) is 12.0. The summed E-state index contributed by atoms with van der Waals surface area (Å²) >= 11 is 13.4. The number of carbonyl (C=O) groups is 2. The molecule has 2 amide bonds. The summed E-state index contributed by atoms with van der Waals surface area (Å²) in [5.41, 5.74) is 6.38. The van der Waals surface area contributed by atoms with Crippen LogP contribution in [-0.4, -0.2) is 23.4 Å². The van der Waals surface area contributed by atoms with Gasteiger partial charge < -0.3 is 10.5 Å². The van der Waals surface area contributed by atoms with E-state index in [1.807, 2.05) is 24.3 Å². The van der Waals surface area contributed by atoms with Gasteiger partial charge in [-0.1, -0.05) is 41.4 Å². The summed E-state index contributed by atoms with van der Waals surface area (Å²) in [7, 11) is 0. The van der Waals surface area contributed by atoms with Crippen LogP contribution in [0.25, 0.3) is 0 Å². The molecule has 9 heteroatoms. The highest BCUT2D eigenvalue weighted by Crippen LogP contribution is 2.25. The predicted molar refractivity (Wildman–Crippen MR) is 110 cm³/mol. The zero-order chi connectivity index (χ0) is 20.1. The van der Waals surface area contributed by atoms with Gasteiger partial charge in [0.25, 0.3) is 11.8 Å². The van der Waals surface area contributed by atoms with E-state index in [2.05, 4.69) is 10.3 Å². The fraction of sp³-hybridized carbons (Fsp3) is 0.105. The number of rotatable bonds is 7. The van der Waals surface area contributed by atoms with Crippen molar-refractivity contribution in [1.29, 1.82) is 0 Å². The molecule has 0 aliphatic rings. The minimum Gasteiger partial charge on any atom is -0.483 e. The van der Waals surface area contributed by atoms with Crippen LogP contribution in [0.1, 0.15) is 20.8 Å². The first-order valence-corrected chi connectivity index (χ1v) is 9.69. The number of ether oxygens (including phenoxy) is 1. The van der Waals surface area contributed by atoms with Crippen molar-refractivity contribution in [3.63, 3.8) is 0 Å². The average Bonchev–Trinajstić information content (AvgIpc) is 3.09. The summed E-state index contributed by atoms with van der Waals surface area (Å²) < 4.78 is 5.39. The van der Waals surface area contributed by atoms with Gasteiger partial charge in [-0.25, -0.2) is 4.98 Å². The summed E-state index contributed by atoms with van der Waals surface area (Å²) in [5.74, 6) is -0.920. The lowest BCUT2D eigenvalue weighted by Gasteiger charge is -2.09. The van der Waals surface area contributed by atoms with Crippen LogP contribution in [0.5, 0.6) is 5.75 Å². The third-order valence-corrected chi connectivity index (χ3v) is 5.20. The van der Waals surface area contributed by atoms with Crippen molar-refractivity contribution >= 4 is 51.5 Å². The second kappa shape index (κ2) is 9.05. The van der Waals surface area contributed by atoms with Crippen LogP contribution in [0.15, 0.2) is 48.7 Å². The molecule has 0 fully saturated rings. The van der Waals surface area contributed by atoms with E-state index >= 15 is 0 Å². The molecule has 3 aromatic rings. The Kier molecular flexibility index (Phi) is 6.51. The number of aromatic nitrogens is 1. The molecule has 28 heavy (non-hydrogen) atoms. The van der Waals surface area contributed by atoms with Gasteiger partial charge in [0.1, 0.15) is 5.75 Å². The van der Waals surface area contributed by atoms with Crippen molar-refractivity contribution < 1.29 is 14.3 Å². The Bertz CT molecular complexity index is 1020. The number of nitrogens with zero attached hydrogens (tertiary/aromatic N) is 1. The molecule has 0 unspecified atom stereocenters. The molecule has 0 aliphatic carbocycles. The maximum atomic E-state index is 12.1. The molecule has 0 bridgehead atoms. The fourth-order valence-corrected chi connectivity index (χ4v) is 3.62. The van der Waals surface area contributed by atoms with Gasteiger partial charge in [0.05, 0.1) is 5.56 Å². The average molecular weight is 436 g/mol. The molecule has 0 aliphatic heterocycles. The van der Waals surface area contributed by atoms with Crippen LogP contribution >= 0.6 is 34.5 Å². The van der Waals surface area contributed by atoms with E-state index in [1.165, 1.54) is 23.5 Å². The number of amides is 2. The minimum atomic E-state index is -0.693. The Morgan fingerprint density at radius 1 is 1.18 bits per heavy atom. The number of halogens is 2. The molecule has 2 aromatic carbocycles. The summed E-state index contributed by atoms with van der Waals surface area (Å²) in [4.78, 5) is 28.7. The van der Waals surface area contributed by atoms with E-state index in [0.717, 1.165) is 10.4 Å². The van der Waals surface area contributed by atoms with Gasteiger partial charge in [0, 0.05) is 27.5 Å². The quantitative estimate of drug-likeness (QED) is 0.582. The topological polar surface area (TPSA) is 94.3 Å². The van der Waals surface area contributed by atoms with Crippen LogP contribution in [0.2, 0.25) is 10.0 Å². The van der Waals surface area contributed by atoms with Crippen molar-refractivity contribution in [2.24, 2.45) is 5.73 Å². The number of thiazole rings is 1. The van der Waals surface area contributed by atoms with Gasteiger partial charge >= 0.3 is 0 Å². The Balaban J connectivity index is 1.58. The first kappa shape index (κ1) is 20.1. The molecule has 3 N–H and O–H groups in total. The van der Waals surface area contributed by atoms with E-state index in [-0.39, 0.29) is 17.9 Å². The van der Waals surface area contributed by atoms with Crippen molar-refractivity contribution in [1.82, 2.24) is 4.98 Å². The molecule has 0 saturated heterocycles. The molecule has 0 saturated carbocycles. The van der Waals surface area contributed by atoms with Crippen molar-refractivity contribution in [3.8, 4) is 5.75 Å². The van der Waals surface area contributed by atoms with Gasteiger partial charge in [-0.3, -0.25) is 14.9 Å². The summed E-state index contributed by atoms with van der Waals surface area (Å²) in [6.45, 7) is -0.304. The third kappa shape index (κ3) is 5.22. The number of hydrogen-bond donors (Lipinski definition) is 2. The minimum absolute atomic E-state index is 0.108. The van der Waals surface area contributed by atoms with Crippen molar-refractivity contribution in [2.45, 2.75) is 6.42 Å². The van der Waals surface area contributed by atoms with Gasteiger partial charge in [-0.15, -0.1) is 11.3 Å². The number of anilines is 1. The molecule has 1 heterocycles. The van der Waals surface area contributed by atoms with Crippen LogP contribution in [-0.2, 0) is 11.2 Å². The zero-order valence-electron chi connectivity index (χ0n) is 14.4. The number of nitrogens with one attached hydrogen (secondary N) is 1. The standard InChI is InChI=1S/C19H15Cl2N3O3S/c20-12-5-6-16(14(8-12)18(22)26)27-10-17(25)24-19-23-9-13(28-19)7-11-3-1-2-4-15(11)21/h1-6,8-9H,7,10H2,(H2,22,26)(H,23,24,25). The van der Waals surface area contributed by atoms with Crippen LogP contribution in [0.4, 0.5) is 5.13 Å². The smallest absolute Gasteiger partial charge is 0.264 e. The predicted octanol–water partition coefficient (Wildman–Crippen LogP) is 4.16. The summed E-state index contributed by atoms with van der Waals surface area (Å²) in [5, 5.41) is 4.14. The van der Waals surface area contributed by atoms with E-state index in [0.29, 0.717) is 21.6 Å². The van der Waals surface area contributed by atoms with Crippen molar-refractivity contribution in [3.05, 3.63) is 74.7 Å². The largest absolute Gasteiger partial charge is 0.483 e. The number of hydrogen-bond acceptors (Lipinski definition) is 5. The lowest BCUT2D eigenvalue weighted by Crippen LogP contribution is -2.21. The zero-order valence-corrected chi connectivity index (χ0v) is 16.8. The van der Waals surface area contributed by atoms with Crippen LogP contribution in [0, 0.1) is 0 Å². The second-order valence-electron chi connectivity index (χ2n) is 5.74. The Hall–Kier alpha value is -2.61. The molecule has 0 spiro atoms. The molecule has 144 valence electrons. The normalized spacial score (nSPS) is 10.5. The van der Waals surface area contributed by atoms with E-state index < -0.39 is 11.8 Å². The second-order valence-corrected chi connectivity index (χ2v) is 7.70. The summed E-state index contributed by atoms with van der Waals surface area (Å²) in [6.07, 6.45) is 2.31. The molecule has 1 aromatic heterocycles. The lowest BCUT2D eigenvalue weighted by atomic mass is 10.1. The van der Waals surface area contributed by atoms with Gasteiger partial charge in [-0.2, -0.15) is 0 Å². The number of primary amides is 1. The molecule has 3 rings (SSSR count). The first-order valence-electron chi connectivity index (χ1n) is 8.12. The molecule has 6 nitrogen and oxygen atoms in total. The van der Waals surface area contributed by atoms with Gasteiger partial charge in [0.2, 0.25) is 0 Å². The van der Waals surface area contributed by atoms with Gasteiger partial charge in [0.15, 0.2) is 11.7 Å². The molecule has 0 atom stereocenters. The van der Waals surface area contributed by atoms with Crippen LogP contribution in [0.3, 0.4) is 0 Å². The third-order valence-electron chi connectivity index (χ3n) is 3.69. The van der Waals surface area contributed by atoms with Crippen LogP contribution < -0.4 is 15.8 Å². The molecular weight excluding hydrogens is 421 g/mol. The Labute approximate surface area is 175 Å². The molecular formula is C19H15Cl2N3O3S. The van der Waals surface area contributed by atoms with E-state index in [9.17, 15) is 9.59 Å². The highest BCUT2D eigenvalue weighted by atomic mass is 35.5. The number of benzene rings is 2. The lowest BCUT2D eigenvalue weighted by molar-refractivity contribution is -0.118. The highest BCUT2D eigenvalue weighted by molar-refractivity contribution is 7.15. The maximum absolute atomic E-state index is 12.1. The highest BCUT2D eigenvalue weighted by Gasteiger charge is 2.13. The van der Waals surface area contributed by atoms with Gasteiger partial charge in [-0.05, 0) is 29.8 Å². The van der Waals surface area contributed by atoms with Crippen molar-refractivity contribution in [2.75, 3.05) is 11.9 Å². The monoisotopic (exact) mass is 435 g/mol. The fourth-order valence-electron chi connectivity index (χ4n) is 2.40. The first-order chi connectivity index (χ1) is 13.4. The number of carbonyl (C=O) groups excluding carboxylic acids is 2. The molecule has 0 radical (unpaired) electrons. The maximum Gasteiger partial charge on any atom is 0.264 e. The SMILES string of the molecule is NC(=O)c1cc(Cl)ccc1OCC(=O)Nc1ncc(Cc2ccccc2Cl)s1. The number of nitrogens with two attached hydrogens (primary N) is 1. The van der Waals surface area contributed by atoms with E-state index in [4.69, 9.17) is 33.7 Å². The van der Waals surface area contributed by atoms with E-state index in [1.54, 1.807) is 12.3 Å². The Morgan fingerprint density at radius 2 is 1.96 bits per heavy atom.